The lowest BCUT2D eigenvalue weighted by Crippen LogP contribution is -2.37. The van der Waals surface area contributed by atoms with Gasteiger partial charge in [-0.05, 0) is 25.5 Å². The van der Waals surface area contributed by atoms with E-state index in [0.29, 0.717) is 25.4 Å². The van der Waals surface area contributed by atoms with Crippen LogP contribution >= 0.6 is 11.8 Å². The SMILES string of the molecule is CCn1c(SCC(=O)N2CCCN(C(C)=O)CC2)nc2ccccc21. The normalized spacial score (nSPS) is 15.4. The van der Waals surface area contributed by atoms with E-state index in [2.05, 4.69) is 22.5 Å². The van der Waals surface area contributed by atoms with Crippen LogP contribution in [0.4, 0.5) is 0 Å². The zero-order valence-electron chi connectivity index (χ0n) is 14.8. The fraction of sp³-hybridized carbons (Fsp3) is 0.500. The van der Waals surface area contributed by atoms with Gasteiger partial charge in [0.1, 0.15) is 0 Å². The van der Waals surface area contributed by atoms with E-state index in [4.69, 9.17) is 0 Å². The van der Waals surface area contributed by atoms with Crippen LogP contribution in [0.5, 0.6) is 0 Å². The molecular weight excluding hydrogens is 336 g/mol. The molecule has 0 aliphatic carbocycles. The summed E-state index contributed by atoms with van der Waals surface area (Å²) in [5.74, 6) is 0.578. The van der Waals surface area contributed by atoms with Gasteiger partial charge in [0.05, 0.1) is 16.8 Å². The maximum atomic E-state index is 12.6. The second-order valence-corrected chi connectivity index (χ2v) is 7.10. The molecule has 1 aromatic heterocycles. The number of nitrogens with zero attached hydrogens (tertiary/aromatic N) is 4. The fourth-order valence-electron chi connectivity index (χ4n) is 3.17. The fourth-order valence-corrected chi connectivity index (χ4v) is 4.15. The monoisotopic (exact) mass is 360 g/mol. The number of aryl methyl sites for hydroxylation is 1. The Morgan fingerprint density at radius 2 is 1.84 bits per heavy atom. The van der Waals surface area contributed by atoms with Crippen molar-refractivity contribution in [2.75, 3.05) is 31.9 Å². The molecule has 2 heterocycles. The molecule has 0 atom stereocenters. The number of carbonyl (C=O) groups is 2. The molecule has 1 saturated heterocycles. The minimum atomic E-state index is 0.0836. The third kappa shape index (κ3) is 3.98. The molecule has 1 fully saturated rings. The van der Waals surface area contributed by atoms with Crippen molar-refractivity contribution in [1.29, 1.82) is 0 Å². The van der Waals surface area contributed by atoms with Crippen LogP contribution in [0.15, 0.2) is 29.4 Å². The second kappa shape index (κ2) is 7.91. The molecule has 7 heteroatoms. The molecule has 2 amide bonds. The minimum Gasteiger partial charge on any atom is -0.341 e. The Kier molecular flexibility index (Phi) is 5.63. The number of fused-ring (bicyclic) bond motifs is 1. The number of imidazole rings is 1. The lowest BCUT2D eigenvalue weighted by molar-refractivity contribution is -0.130. The van der Waals surface area contributed by atoms with Crippen LogP contribution in [0.25, 0.3) is 11.0 Å². The first-order chi connectivity index (χ1) is 12.1. The molecule has 2 aromatic rings. The summed E-state index contributed by atoms with van der Waals surface area (Å²) in [6.45, 7) is 7.19. The van der Waals surface area contributed by atoms with E-state index >= 15 is 0 Å². The Morgan fingerprint density at radius 3 is 2.60 bits per heavy atom. The highest BCUT2D eigenvalue weighted by molar-refractivity contribution is 7.99. The predicted molar refractivity (Wildman–Crippen MR) is 99.6 cm³/mol. The summed E-state index contributed by atoms with van der Waals surface area (Å²) in [5, 5.41) is 0.886. The Balaban J connectivity index is 1.63. The topological polar surface area (TPSA) is 58.4 Å². The van der Waals surface area contributed by atoms with Crippen molar-refractivity contribution >= 4 is 34.6 Å². The molecule has 1 aromatic carbocycles. The molecule has 0 radical (unpaired) electrons. The van der Waals surface area contributed by atoms with E-state index in [1.807, 2.05) is 28.0 Å². The van der Waals surface area contributed by atoms with E-state index in [1.54, 1.807) is 6.92 Å². The first-order valence-electron chi connectivity index (χ1n) is 8.71. The molecule has 0 unspecified atom stereocenters. The number of hydrogen-bond donors (Lipinski definition) is 0. The van der Waals surface area contributed by atoms with Gasteiger partial charge in [0.2, 0.25) is 11.8 Å². The molecule has 0 N–H and O–H groups in total. The molecule has 25 heavy (non-hydrogen) atoms. The van der Waals surface area contributed by atoms with Gasteiger partial charge in [-0.2, -0.15) is 0 Å². The van der Waals surface area contributed by atoms with Crippen molar-refractivity contribution in [2.24, 2.45) is 0 Å². The largest absolute Gasteiger partial charge is 0.341 e. The number of hydrogen-bond acceptors (Lipinski definition) is 4. The molecule has 0 spiro atoms. The van der Waals surface area contributed by atoms with Gasteiger partial charge < -0.3 is 14.4 Å². The average Bonchev–Trinajstić information content (AvgIpc) is 2.78. The van der Waals surface area contributed by atoms with Crippen molar-refractivity contribution in [2.45, 2.75) is 32.0 Å². The summed E-state index contributed by atoms with van der Waals surface area (Å²) in [6.07, 6.45) is 0.837. The lowest BCUT2D eigenvalue weighted by atomic mass is 10.3. The number of thioether (sulfide) groups is 1. The van der Waals surface area contributed by atoms with Gasteiger partial charge in [-0.25, -0.2) is 4.98 Å². The zero-order valence-corrected chi connectivity index (χ0v) is 15.6. The molecule has 1 aliphatic rings. The number of rotatable bonds is 4. The third-order valence-electron chi connectivity index (χ3n) is 4.55. The maximum absolute atomic E-state index is 12.6. The van der Waals surface area contributed by atoms with Crippen molar-refractivity contribution < 1.29 is 9.59 Å². The second-order valence-electron chi connectivity index (χ2n) is 6.16. The van der Waals surface area contributed by atoms with Gasteiger partial charge >= 0.3 is 0 Å². The molecule has 3 rings (SSSR count). The summed E-state index contributed by atoms with van der Waals surface area (Å²) in [5.41, 5.74) is 2.07. The Bertz CT molecular complexity index is 774. The van der Waals surface area contributed by atoms with Gasteiger partial charge in [0.15, 0.2) is 5.16 Å². The Morgan fingerprint density at radius 1 is 1.12 bits per heavy atom. The van der Waals surface area contributed by atoms with Crippen molar-refractivity contribution in [3.8, 4) is 0 Å². The quantitative estimate of drug-likeness (QED) is 0.785. The van der Waals surface area contributed by atoms with Crippen LogP contribution in [0, 0.1) is 0 Å². The highest BCUT2D eigenvalue weighted by Gasteiger charge is 2.21. The van der Waals surface area contributed by atoms with Gasteiger partial charge in [-0.3, -0.25) is 9.59 Å². The molecule has 0 saturated carbocycles. The lowest BCUT2D eigenvalue weighted by Gasteiger charge is -2.21. The number of para-hydroxylation sites is 2. The molecule has 134 valence electrons. The number of benzene rings is 1. The van der Waals surface area contributed by atoms with Crippen molar-refractivity contribution in [3.05, 3.63) is 24.3 Å². The van der Waals surface area contributed by atoms with Crippen LogP contribution < -0.4 is 0 Å². The van der Waals surface area contributed by atoms with Crippen LogP contribution in [-0.4, -0.2) is 63.1 Å². The summed E-state index contributed by atoms with van der Waals surface area (Å²) in [6, 6.07) is 8.04. The highest BCUT2D eigenvalue weighted by atomic mass is 32.2. The van der Waals surface area contributed by atoms with Crippen molar-refractivity contribution in [3.63, 3.8) is 0 Å². The number of carbonyl (C=O) groups excluding carboxylic acids is 2. The van der Waals surface area contributed by atoms with Crippen molar-refractivity contribution in [1.82, 2.24) is 19.4 Å². The van der Waals surface area contributed by atoms with Gasteiger partial charge in [-0.1, -0.05) is 23.9 Å². The third-order valence-corrected chi connectivity index (χ3v) is 5.52. The van der Waals surface area contributed by atoms with Crippen LogP contribution in [0.3, 0.4) is 0 Å². The molecule has 1 aliphatic heterocycles. The first-order valence-corrected chi connectivity index (χ1v) is 9.70. The molecule has 0 bridgehead atoms. The number of aromatic nitrogens is 2. The van der Waals surface area contributed by atoms with Crippen LogP contribution in [-0.2, 0) is 16.1 Å². The van der Waals surface area contributed by atoms with E-state index in [9.17, 15) is 9.59 Å². The Hall–Kier alpha value is -2.02. The minimum absolute atomic E-state index is 0.0836. The summed E-state index contributed by atoms with van der Waals surface area (Å²) < 4.78 is 2.15. The van der Waals surface area contributed by atoms with Gasteiger partial charge in [0, 0.05) is 39.6 Å². The maximum Gasteiger partial charge on any atom is 0.233 e. The summed E-state index contributed by atoms with van der Waals surface area (Å²) >= 11 is 1.49. The van der Waals surface area contributed by atoms with Gasteiger partial charge in [-0.15, -0.1) is 0 Å². The van der Waals surface area contributed by atoms with E-state index in [-0.39, 0.29) is 11.8 Å². The average molecular weight is 360 g/mol. The summed E-state index contributed by atoms with van der Waals surface area (Å²) in [4.78, 5) is 32.4. The summed E-state index contributed by atoms with van der Waals surface area (Å²) in [7, 11) is 0. The van der Waals surface area contributed by atoms with E-state index in [0.717, 1.165) is 35.7 Å². The Labute approximate surface area is 152 Å². The van der Waals surface area contributed by atoms with Gasteiger partial charge in [0.25, 0.3) is 0 Å². The molecular formula is C18H24N4O2S. The standard InChI is InChI=1S/C18H24N4O2S/c1-3-22-16-8-5-4-7-15(16)19-18(22)25-13-17(24)21-10-6-9-20(11-12-21)14(2)23/h4-5,7-8H,3,6,9-13H2,1-2H3. The predicted octanol–water partition coefficient (Wildman–Crippen LogP) is 2.23. The van der Waals surface area contributed by atoms with E-state index in [1.165, 1.54) is 11.8 Å². The first kappa shape index (κ1) is 17.8. The number of amides is 2. The zero-order chi connectivity index (χ0) is 17.8. The smallest absolute Gasteiger partial charge is 0.233 e. The molecule has 6 nitrogen and oxygen atoms in total. The van der Waals surface area contributed by atoms with Crippen LogP contribution in [0.2, 0.25) is 0 Å². The van der Waals surface area contributed by atoms with E-state index < -0.39 is 0 Å². The van der Waals surface area contributed by atoms with Crippen LogP contribution in [0.1, 0.15) is 20.3 Å². The highest BCUT2D eigenvalue weighted by Crippen LogP contribution is 2.24.